The van der Waals surface area contributed by atoms with Gasteiger partial charge in [-0.15, -0.1) is 0 Å². The lowest BCUT2D eigenvalue weighted by Gasteiger charge is -2.24. The predicted octanol–water partition coefficient (Wildman–Crippen LogP) is 3.97. The molecular weight excluding hydrogens is 387 g/mol. The van der Waals surface area contributed by atoms with E-state index < -0.39 is 5.82 Å². The zero-order chi connectivity index (χ0) is 20.9. The van der Waals surface area contributed by atoms with Gasteiger partial charge in [-0.2, -0.15) is 5.10 Å². The van der Waals surface area contributed by atoms with E-state index in [9.17, 15) is 9.18 Å². The third kappa shape index (κ3) is 4.33. The number of hydrogen-bond donors (Lipinski definition) is 1. The zero-order valence-corrected chi connectivity index (χ0v) is 16.7. The van der Waals surface area contributed by atoms with Crippen molar-refractivity contribution >= 4 is 11.7 Å². The van der Waals surface area contributed by atoms with E-state index in [1.807, 2.05) is 10.7 Å². The number of carbonyl (C=O) groups excluding carboxylic acids is 1. The third-order valence-corrected chi connectivity index (χ3v) is 5.04. The summed E-state index contributed by atoms with van der Waals surface area (Å²) in [7, 11) is 1.50. The fourth-order valence-corrected chi connectivity index (χ4v) is 3.56. The van der Waals surface area contributed by atoms with Crippen molar-refractivity contribution in [1.29, 1.82) is 0 Å². The minimum absolute atomic E-state index is 0.128. The van der Waals surface area contributed by atoms with Crippen molar-refractivity contribution < 1.29 is 18.7 Å². The number of nitrogens with one attached hydrogen (secondary N) is 1. The van der Waals surface area contributed by atoms with Crippen molar-refractivity contribution in [2.24, 2.45) is 0 Å². The Hall–Kier alpha value is -3.26. The van der Waals surface area contributed by atoms with Gasteiger partial charge in [0.1, 0.15) is 5.82 Å². The van der Waals surface area contributed by atoms with Crippen LogP contribution in [0, 0.1) is 5.82 Å². The first kappa shape index (κ1) is 20.0. The van der Waals surface area contributed by atoms with E-state index in [4.69, 9.17) is 9.47 Å². The maximum Gasteiger partial charge on any atom is 0.230 e. The van der Waals surface area contributed by atoms with E-state index in [2.05, 4.69) is 15.4 Å². The molecule has 0 spiro atoms. The van der Waals surface area contributed by atoms with Gasteiger partial charge in [-0.25, -0.2) is 14.1 Å². The number of anilines is 1. The number of hydrogen-bond acceptors (Lipinski definition) is 5. The molecule has 0 aliphatic carbocycles. The first-order valence-electron chi connectivity index (χ1n) is 9.88. The fraction of sp³-hybridized carbons (Fsp3) is 0.318. The van der Waals surface area contributed by atoms with Crippen LogP contribution in [0.15, 0.2) is 48.8 Å². The molecule has 1 aliphatic heterocycles. The topological polar surface area (TPSA) is 78.3 Å². The Labute approximate surface area is 173 Å². The maximum absolute atomic E-state index is 14.4. The van der Waals surface area contributed by atoms with Crippen molar-refractivity contribution in [2.45, 2.75) is 31.9 Å². The highest BCUT2D eigenvalue weighted by Gasteiger charge is 2.20. The van der Waals surface area contributed by atoms with Crippen molar-refractivity contribution in [1.82, 2.24) is 14.8 Å². The molecule has 1 saturated heterocycles. The quantitative estimate of drug-likeness (QED) is 0.665. The van der Waals surface area contributed by atoms with Crippen LogP contribution in [0.3, 0.4) is 0 Å². The van der Waals surface area contributed by atoms with Gasteiger partial charge < -0.3 is 14.8 Å². The Kier molecular flexibility index (Phi) is 6.04. The summed E-state index contributed by atoms with van der Waals surface area (Å²) in [5.41, 5.74) is 1.90. The Morgan fingerprint density at radius 2 is 2.20 bits per heavy atom. The summed E-state index contributed by atoms with van der Waals surface area (Å²) in [4.78, 5) is 16.6. The first-order chi connectivity index (χ1) is 14.7. The van der Waals surface area contributed by atoms with Crippen molar-refractivity contribution in [3.63, 3.8) is 0 Å². The summed E-state index contributed by atoms with van der Waals surface area (Å²) >= 11 is 0. The highest BCUT2D eigenvalue weighted by molar-refractivity contribution is 5.92. The van der Waals surface area contributed by atoms with E-state index >= 15 is 0 Å². The third-order valence-electron chi connectivity index (χ3n) is 5.04. The zero-order valence-electron chi connectivity index (χ0n) is 16.7. The van der Waals surface area contributed by atoms with E-state index in [0.29, 0.717) is 18.2 Å². The number of nitrogens with zero attached hydrogens (tertiary/aromatic N) is 3. The number of pyridine rings is 1. The number of benzene rings is 1. The average Bonchev–Trinajstić information content (AvgIpc) is 3.26. The van der Waals surface area contributed by atoms with Crippen molar-refractivity contribution in [3.8, 4) is 17.0 Å². The molecule has 4 rings (SSSR count). The predicted molar refractivity (Wildman–Crippen MR) is 110 cm³/mol. The van der Waals surface area contributed by atoms with Crippen LogP contribution in [0.4, 0.5) is 10.2 Å². The molecule has 0 saturated carbocycles. The average molecular weight is 410 g/mol. The number of amides is 1. The Morgan fingerprint density at radius 3 is 3.00 bits per heavy atom. The SMILES string of the molecule is COc1cccnc1NC(=O)Cc1cc(-c2ccnn2[C@@H]2CCCCO2)ccc1F. The van der Waals surface area contributed by atoms with Gasteiger partial charge in [0, 0.05) is 24.6 Å². The molecule has 1 amide bonds. The highest BCUT2D eigenvalue weighted by atomic mass is 19.1. The van der Waals surface area contributed by atoms with Gasteiger partial charge in [0.2, 0.25) is 5.91 Å². The summed E-state index contributed by atoms with van der Waals surface area (Å²) in [6, 6.07) is 10.0. The molecule has 0 unspecified atom stereocenters. The number of ether oxygens (including phenoxy) is 2. The van der Waals surface area contributed by atoms with E-state index in [-0.39, 0.29) is 24.1 Å². The molecule has 1 N–H and O–H groups in total. The first-order valence-corrected chi connectivity index (χ1v) is 9.88. The highest BCUT2D eigenvalue weighted by Crippen LogP contribution is 2.29. The summed E-state index contributed by atoms with van der Waals surface area (Å²) in [5, 5.41) is 7.08. The number of carbonyl (C=O) groups is 1. The second-order valence-corrected chi connectivity index (χ2v) is 7.07. The van der Waals surface area contributed by atoms with Crippen LogP contribution >= 0.6 is 0 Å². The molecule has 1 atom stereocenters. The van der Waals surface area contributed by atoms with Crippen LogP contribution in [0.5, 0.6) is 5.75 Å². The number of methoxy groups -OCH3 is 1. The maximum atomic E-state index is 14.4. The molecule has 30 heavy (non-hydrogen) atoms. The summed E-state index contributed by atoms with van der Waals surface area (Å²) < 4.78 is 27.3. The molecule has 1 aromatic carbocycles. The Bertz CT molecular complexity index is 1030. The second-order valence-electron chi connectivity index (χ2n) is 7.07. The molecular formula is C22H23FN4O3. The Morgan fingerprint density at radius 1 is 1.30 bits per heavy atom. The van der Waals surface area contributed by atoms with E-state index in [0.717, 1.165) is 30.5 Å². The monoisotopic (exact) mass is 410 g/mol. The summed E-state index contributed by atoms with van der Waals surface area (Å²) in [6.07, 6.45) is 6.01. The summed E-state index contributed by atoms with van der Waals surface area (Å²) in [5.74, 6) is -0.0837. The lowest BCUT2D eigenvalue weighted by Crippen LogP contribution is -2.20. The van der Waals surface area contributed by atoms with E-state index in [1.54, 1.807) is 36.7 Å². The smallest absolute Gasteiger partial charge is 0.230 e. The van der Waals surface area contributed by atoms with Crippen LogP contribution in [0.2, 0.25) is 0 Å². The standard InChI is InChI=1S/C22H23FN4O3/c1-29-19-5-4-10-24-22(19)26-20(28)14-16-13-15(7-8-17(16)23)18-9-11-25-27(18)21-6-2-3-12-30-21/h4-5,7-11,13,21H,2-3,6,12,14H2,1H3,(H,24,26,28)/t21-/m0/s1. The van der Waals surface area contributed by atoms with Crippen LogP contribution in [-0.2, 0) is 16.0 Å². The van der Waals surface area contributed by atoms with Crippen molar-refractivity contribution in [3.05, 3.63) is 60.2 Å². The Balaban J connectivity index is 1.54. The van der Waals surface area contributed by atoms with Crippen molar-refractivity contribution in [2.75, 3.05) is 19.0 Å². The molecule has 2 aromatic heterocycles. The lowest BCUT2D eigenvalue weighted by atomic mass is 10.0. The molecule has 7 nitrogen and oxygen atoms in total. The van der Waals surface area contributed by atoms with E-state index in [1.165, 1.54) is 13.2 Å². The minimum Gasteiger partial charge on any atom is -0.493 e. The number of aromatic nitrogens is 3. The van der Waals surface area contributed by atoms with Gasteiger partial charge in [0.25, 0.3) is 0 Å². The fourth-order valence-electron chi connectivity index (χ4n) is 3.56. The molecule has 1 aliphatic rings. The van der Waals surface area contributed by atoms with Gasteiger partial charge >= 0.3 is 0 Å². The minimum atomic E-state index is -0.443. The number of rotatable bonds is 6. The molecule has 156 valence electrons. The van der Waals surface area contributed by atoms with Crippen LogP contribution in [-0.4, -0.2) is 34.4 Å². The second kappa shape index (κ2) is 9.04. The van der Waals surface area contributed by atoms with Gasteiger partial charge in [-0.1, -0.05) is 0 Å². The molecule has 0 bridgehead atoms. The van der Waals surface area contributed by atoms with Gasteiger partial charge in [0.15, 0.2) is 17.8 Å². The van der Waals surface area contributed by atoms with Crippen LogP contribution in [0.25, 0.3) is 11.3 Å². The van der Waals surface area contributed by atoms with Gasteiger partial charge in [0.05, 0.1) is 19.2 Å². The lowest BCUT2D eigenvalue weighted by molar-refractivity contribution is -0.115. The number of halogens is 1. The van der Waals surface area contributed by atoms with Crippen LogP contribution < -0.4 is 10.1 Å². The van der Waals surface area contributed by atoms with Crippen LogP contribution in [0.1, 0.15) is 31.1 Å². The largest absolute Gasteiger partial charge is 0.493 e. The molecule has 3 aromatic rings. The molecule has 0 radical (unpaired) electrons. The normalized spacial score (nSPS) is 16.3. The molecule has 8 heteroatoms. The molecule has 1 fully saturated rings. The van der Waals surface area contributed by atoms with Gasteiger partial charge in [-0.05, 0) is 61.2 Å². The molecule has 3 heterocycles. The summed E-state index contributed by atoms with van der Waals surface area (Å²) in [6.45, 7) is 0.704. The van der Waals surface area contributed by atoms with Gasteiger partial charge in [-0.3, -0.25) is 4.79 Å².